The number of hydrogen-bond donors (Lipinski definition) is 2. The summed E-state index contributed by atoms with van der Waals surface area (Å²) in [5, 5.41) is -3.69. The van der Waals surface area contributed by atoms with Crippen LogP contribution in [0.1, 0.15) is 0 Å². The van der Waals surface area contributed by atoms with Crippen LogP contribution in [0.3, 0.4) is 0 Å². The fraction of sp³-hybridized carbons (Fsp3) is 1.00. The van der Waals surface area contributed by atoms with Crippen LogP contribution in [0.15, 0.2) is 0 Å². The number of nitrogens with two attached hydrogens (primary N) is 2. The van der Waals surface area contributed by atoms with Gasteiger partial charge in [0.25, 0.3) is 0 Å². The molecule has 0 heterocycles. The van der Waals surface area contributed by atoms with Gasteiger partial charge in [-0.25, -0.2) is 0 Å². The molecule has 0 rings (SSSR count). The van der Waals surface area contributed by atoms with Crippen molar-refractivity contribution in [2.45, 2.75) is 19.8 Å². The minimum absolute atomic E-state index is 0.727. The Labute approximate surface area is 115 Å². The SMILES string of the molecule is [B]C([B])(N)C([B])([B])SSC([B])([B])C([B])([B])N. The Hall–Kier alpha value is 1.14. The molecular weight excluding hydrogens is 227 g/mol. The molecule has 0 aliphatic carbocycles. The van der Waals surface area contributed by atoms with Gasteiger partial charge in [-0.15, -0.1) is 21.6 Å². The lowest BCUT2D eigenvalue weighted by molar-refractivity contribution is 0.849. The molecule has 66 valence electrons. The van der Waals surface area contributed by atoms with E-state index in [1.807, 2.05) is 0 Å². The molecule has 4 N–H and O–H groups in total. The molecule has 0 atom stereocenters. The van der Waals surface area contributed by atoms with E-state index in [0.717, 1.165) is 21.6 Å². The predicted octanol–water partition coefficient (Wildman–Crippen LogP) is -3.75. The van der Waals surface area contributed by atoms with Gasteiger partial charge in [0.05, 0.1) is 62.8 Å². The van der Waals surface area contributed by atoms with Crippen molar-refractivity contribution in [3.63, 3.8) is 0 Å². The third-order valence-electron chi connectivity index (χ3n) is 1.67. The van der Waals surface area contributed by atoms with Gasteiger partial charge in [0.15, 0.2) is 0 Å². The second kappa shape index (κ2) is 5.02. The Morgan fingerprint density at radius 2 is 0.750 bits per heavy atom. The lowest BCUT2D eigenvalue weighted by Gasteiger charge is -2.45. The van der Waals surface area contributed by atoms with E-state index in [9.17, 15) is 0 Å². The second-order valence-corrected chi connectivity index (χ2v) is 6.30. The molecule has 16 heavy (non-hydrogen) atoms. The van der Waals surface area contributed by atoms with Gasteiger partial charge in [0.1, 0.15) is 0 Å². The molecule has 0 aliphatic rings. The van der Waals surface area contributed by atoms with Crippen LogP contribution >= 0.6 is 21.6 Å². The van der Waals surface area contributed by atoms with Crippen LogP contribution in [-0.4, -0.2) is 82.5 Å². The van der Waals surface area contributed by atoms with Gasteiger partial charge in [-0.1, -0.05) is 10.7 Å². The first kappa shape index (κ1) is 17.1. The molecule has 0 aromatic rings. The van der Waals surface area contributed by atoms with E-state index in [4.69, 9.17) is 74.2 Å². The van der Waals surface area contributed by atoms with Crippen LogP contribution < -0.4 is 11.5 Å². The first-order chi connectivity index (χ1) is 6.71. The molecule has 0 saturated carbocycles. The van der Waals surface area contributed by atoms with Crippen LogP contribution in [-0.2, 0) is 0 Å². The van der Waals surface area contributed by atoms with E-state index in [2.05, 4.69) is 0 Å². The Morgan fingerprint density at radius 1 is 0.562 bits per heavy atom. The van der Waals surface area contributed by atoms with E-state index in [-0.39, 0.29) is 0 Å². The second-order valence-electron chi connectivity index (χ2n) is 3.62. The summed E-state index contributed by atoms with van der Waals surface area (Å²) < 4.78 is -3.40. The van der Waals surface area contributed by atoms with Crippen LogP contribution in [0, 0.1) is 0 Å². The van der Waals surface area contributed by atoms with E-state index in [1.165, 1.54) is 0 Å². The Morgan fingerprint density at radius 3 is 0.875 bits per heavy atom. The standard InChI is InChI=1S/C4H4B8N2S2/c5-1(6,13)3(9,10)15-16-4(11,12)2(7,8)14/h13-14H2. The maximum atomic E-state index is 5.56. The topological polar surface area (TPSA) is 52.0 Å². The zero-order valence-electron chi connectivity index (χ0n) is 8.59. The summed E-state index contributed by atoms with van der Waals surface area (Å²) >= 11 is 0. The van der Waals surface area contributed by atoms with Gasteiger partial charge in [0.2, 0.25) is 0 Å². The van der Waals surface area contributed by atoms with Crippen molar-refractivity contribution < 1.29 is 0 Å². The summed E-state index contributed by atoms with van der Waals surface area (Å²) in [6, 6.07) is 0. The minimum atomic E-state index is -1.85. The zero-order valence-corrected chi connectivity index (χ0v) is 10.2. The summed E-state index contributed by atoms with van der Waals surface area (Å²) in [6.45, 7) is 0. The average molecular weight is 231 g/mol. The third kappa shape index (κ3) is 4.43. The van der Waals surface area contributed by atoms with Crippen molar-refractivity contribution in [2.75, 3.05) is 0 Å². The lowest BCUT2D eigenvalue weighted by atomic mass is 9.43. The van der Waals surface area contributed by atoms with Crippen LogP contribution in [0.4, 0.5) is 0 Å². The predicted molar refractivity (Wildman–Crippen MR) is 80.5 cm³/mol. The van der Waals surface area contributed by atoms with Gasteiger partial charge >= 0.3 is 0 Å². The zero-order chi connectivity index (χ0) is 13.4. The fourth-order valence-electron chi connectivity index (χ4n) is 0.282. The van der Waals surface area contributed by atoms with Gasteiger partial charge in [-0.2, -0.15) is 0 Å². The largest absolute Gasteiger partial charge is 0.342 e. The molecule has 0 spiro atoms. The normalized spacial score (nSPS) is 14.9. The first-order valence-electron chi connectivity index (χ1n) is 3.96. The highest BCUT2D eigenvalue weighted by molar-refractivity contribution is 8.78. The van der Waals surface area contributed by atoms with Gasteiger partial charge in [0, 0.05) is 0 Å². The molecule has 0 bridgehead atoms. The quantitative estimate of drug-likeness (QED) is 0.377. The van der Waals surface area contributed by atoms with Crippen molar-refractivity contribution in [3.05, 3.63) is 0 Å². The highest BCUT2D eigenvalue weighted by atomic mass is 33.1. The van der Waals surface area contributed by atoms with E-state index in [1.54, 1.807) is 0 Å². The summed E-state index contributed by atoms with van der Waals surface area (Å²) in [5.74, 6) is 0. The van der Waals surface area contributed by atoms with E-state index < -0.39 is 19.8 Å². The fourth-order valence-corrected chi connectivity index (χ4v) is 2.54. The number of rotatable bonds is 5. The molecular formula is C4H4B8N2S2. The van der Waals surface area contributed by atoms with Crippen LogP contribution in [0.25, 0.3) is 0 Å². The molecule has 0 aliphatic heterocycles. The molecule has 16 radical (unpaired) electrons. The summed E-state index contributed by atoms with van der Waals surface area (Å²) in [4.78, 5) is 0. The summed E-state index contributed by atoms with van der Waals surface area (Å²) in [6.07, 6.45) is 0. The molecule has 0 unspecified atom stereocenters. The monoisotopic (exact) mass is 232 g/mol. The summed E-state index contributed by atoms with van der Waals surface area (Å²) in [7, 11) is 45.1. The molecule has 2 nitrogen and oxygen atoms in total. The van der Waals surface area contributed by atoms with E-state index in [0.29, 0.717) is 0 Å². The van der Waals surface area contributed by atoms with Crippen molar-refractivity contribution in [3.8, 4) is 0 Å². The maximum Gasteiger partial charge on any atom is 0.0815 e. The van der Waals surface area contributed by atoms with Gasteiger partial charge in [-0.3, -0.25) is 0 Å². The lowest BCUT2D eigenvalue weighted by Crippen LogP contribution is -2.63. The van der Waals surface area contributed by atoms with Crippen molar-refractivity contribution in [1.82, 2.24) is 0 Å². The molecule has 0 aromatic carbocycles. The van der Waals surface area contributed by atoms with Crippen LogP contribution in [0.2, 0.25) is 0 Å². The smallest absolute Gasteiger partial charge is 0.0815 e. The molecule has 0 amide bonds. The molecule has 0 fully saturated rings. The minimum Gasteiger partial charge on any atom is -0.342 e. The Balaban J connectivity index is 4.59. The maximum absolute atomic E-state index is 5.56. The molecule has 12 heteroatoms. The van der Waals surface area contributed by atoms with Crippen molar-refractivity contribution >= 4 is 84.4 Å². The number of hydrogen-bond acceptors (Lipinski definition) is 4. The molecule has 0 saturated heterocycles. The van der Waals surface area contributed by atoms with Gasteiger partial charge < -0.3 is 11.5 Å². The molecule has 0 aromatic heterocycles. The van der Waals surface area contributed by atoms with Crippen LogP contribution in [0.5, 0.6) is 0 Å². The first-order valence-corrected chi connectivity index (χ1v) is 6.11. The van der Waals surface area contributed by atoms with Crippen molar-refractivity contribution in [1.29, 1.82) is 0 Å². The highest BCUT2D eigenvalue weighted by Crippen LogP contribution is 2.43. The Kier molecular flexibility index (Phi) is 5.38. The van der Waals surface area contributed by atoms with E-state index >= 15 is 0 Å². The third-order valence-corrected chi connectivity index (χ3v) is 4.92. The summed E-state index contributed by atoms with van der Waals surface area (Å²) in [5.41, 5.74) is 10.7. The van der Waals surface area contributed by atoms with Crippen molar-refractivity contribution in [2.24, 2.45) is 11.5 Å². The average Bonchev–Trinajstić information content (AvgIpc) is 1.97. The highest BCUT2D eigenvalue weighted by Gasteiger charge is 2.37. The Bertz CT molecular complexity index is 219. The van der Waals surface area contributed by atoms with Gasteiger partial charge in [-0.05, 0) is 9.09 Å².